The molecule has 0 N–H and O–H groups in total. The van der Waals surface area contributed by atoms with Crippen molar-refractivity contribution < 1.29 is 14.3 Å². The van der Waals surface area contributed by atoms with Crippen LogP contribution in [0.3, 0.4) is 0 Å². The van der Waals surface area contributed by atoms with Gasteiger partial charge in [-0.2, -0.15) is 10.5 Å². The van der Waals surface area contributed by atoms with E-state index in [2.05, 4.69) is 0 Å². The van der Waals surface area contributed by atoms with E-state index >= 15 is 0 Å². The van der Waals surface area contributed by atoms with Crippen LogP contribution in [0.5, 0.6) is 0 Å². The third-order valence-corrected chi connectivity index (χ3v) is 3.36. The molecule has 0 radical (unpaired) electrons. The van der Waals surface area contributed by atoms with E-state index in [4.69, 9.17) is 15.3 Å². The van der Waals surface area contributed by atoms with Crippen molar-refractivity contribution >= 4 is 12.0 Å². The summed E-state index contributed by atoms with van der Waals surface area (Å²) in [5.41, 5.74) is 0.728. The maximum Gasteiger partial charge on any atom is 0.416 e. The highest BCUT2D eigenvalue weighted by Gasteiger charge is 2.33. The molecular formula is C15H13N3O3. The summed E-state index contributed by atoms with van der Waals surface area (Å²) in [5, 5.41) is 18.2. The largest absolute Gasteiger partial charge is 0.447 e. The molecule has 2 rings (SSSR count). The summed E-state index contributed by atoms with van der Waals surface area (Å²) in [6.07, 6.45) is -0.748. The fourth-order valence-electron chi connectivity index (χ4n) is 2.26. The average molecular weight is 283 g/mol. The number of carbonyl (C=O) groups excluding carboxylic acids is 2. The summed E-state index contributed by atoms with van der Waals surface area (Å²) >= 11 is 0. The molecule has 21 heavy (non-hydrogen) atoms. The summed E-state index contributed by atoms with van der Waals surface area (Å²) in [4.78, 5) is 24.6. The smallest absolute Gasteiger partial charge is 0.416 e. The van der Waals surface area contributed by atoms with E-state index in [1.54, 1.807) is 24.3 Å². The minimum atomic E-state index is -0.949. The Labute approximate surface area is 122 Å². The van der Waals surface area contributed by atoms with E-state index < -0.39 is 23.8 Å². The van der Waals surface area contributed by atoms with Gasteiger partial charge in [-0.05, 0) is 5.56 Å². The molecule has 0 aromatic heterocycles. The fourth-order valence-corrected chi connectivity index (χ4v) is 2.26. The molecule has 1 saturated heterocycles. The van der Waals surface area contributed by atoms with Crippen molar-refractivity contribution in [2.24, 2.45) is 5.92 Å². The molecule has 106 valence electrons. The predicted molar refractivity (Wildman–Crippen MR) is 71.6 cm³/mol. The second-order valence-corrected chi connectivity index (χ2v) is 4.62. The lowest BCUT2D eigenvalue weighted by molar-refractivity contribution is -0.128. The number of cyclic esters (lactones) is 1. The van der Waals surface area contributed by atoms with Crippen molar-refractivity contribution in [2.75, 3.05) is 13.2 Å². The molecule has 1 fully saturated rings. The van der Waals surface area contributed by atoms with Crippen molar-refractivity contribution in [1.82, 2.24) is 4.90 Å². The molecule has 1 aromatic carbocycles. The third kappa shape index (κ3) is 3.18. The summed E-state index contributed by atoms with van der Waals surface area (Å²) in [5.74, 6) is -1.95. The minimum absolute atomic E-state index is 0.0785. The van der Waals surface area contributed by atoms with Crippen LogP contribution in [0, 0.1) is 28.6 Å². The van der Waals surface area contributed by atoms with Crippen LogP contribution in [0.2, 0.25) is 0 Å². The number of rotatable bonds is 4. The molecule has 6 nitrogen and oxygen atoms in total. The Hall–Kier alpha value is -2.86. The van der Waals surface area contributed by atoms with Crippen LogP contribution in [0.25, 0.3) is 0 Å². The third-order valence-electron chi connectivity index (χ3n) is 3.36. The molecule has 2 amide bonds. The fraction of sp³-hybridized carbons (Fsp3) is 0.333. The first-order valence-electron chi connectivity index (χ1n) is 6.48. The van der Waals surface area contributed by atoms with Gasteiger partial charge in [-0.25, -0.2) is 9.69 Å². The maximum absolute atomic E-state index is 12.2. The number of nitriles is 2. The van der Waals surface area contributed by atoms with Crippen LogP contribution < -0.4 is 0 Å². The van der Waals surface area contributed by atoms with Crippen LogP contribution in [0.1, 0.15) is 17.9 Å². The van der Waals surface area contributed by atoms with E-state index in [0.29, 0.717) is 0 Å². The second-order valence-electron chi connectivity index (χ2n) is 4.62. The van der Waals surface area contributed by atoms with Gasteiger partial charge in [0.15, 0.2) is 0 Å². The van der Waals surface area contributed by atoms with Gasteiger partial charge in [0.25, 0.3) is 0 Å². The lowest BCUT2D eigenvalue weighted by atomic mass is 9.85. The Morgan fingerprint density at radius 3 is 2.48 bits per heavy atom. The molecule has 0 spiro atoms. The number of benzene rings is 1. The second kappa shape index (κ2) is 6.53. The van der Waals surface area contributed by atoms with Crippen molar-refractivity contribution in [3.8, 4) is 12.1 Å². The number of hydrogen-bond donors (Lipinski definition) is 0. The van der Waals surface area contributed by atoms with Gasteiger partial charge >= 0.3 is 6.09 Å². The van der Waals surface area contributed by atoms with Crippen LogP contribution in [-0.4, -0.2) is 30.1 Å². The molecule has 1 aliphatic heterocycles. The highest BCUT2D eigenvalue weighted by Crippen LogP contribution is 2.28. The summed E-state index contributed by atoms with van der Waals surface area (Å²) in [7, 11) is 0. The first kappa shape index (κ1) is 14.5. The van der Waals surface area contributed by atoms with Crippen molar-refractivity contribution in [3.63, 3.8) is 0 Å². The van der Waals surface area contributed by atoms with Gasteiger partial charge in [-0.3, -0.25) is 4.79 Å². The predicted octanol–water partition coefficient (Wildman–Crippen LogP) is 1.80. The monoisotopic (exact) mass is 283 g/mol. The molecule has 1 heterocycles. The first-order valence-corrected chi connectivity index (χ1v) is 6.48. The van der Waals surface area contributed by atoms with E-state index in [-0.39, 0.29) is 19.6 Å². The van der Waals surface area contributed by atoms with Crippen molar-refractivity contribution in [2.45, 2.75) is 12.3 Å². The Kier molecular flexibility index (Phi) is 4.53. The van der Waals surface area contributed by atoms with Gasteiger partial charge in [-0.1, -0.05) is 30.3 Å². The molecule has 1 aliphatic rings. The summed E-state index contributed by atoms with van der Waals surface area (Å²) < 4.78 is 4.72. The quantitative estimate of drug-likeness (QED) is 0.839. The van der Waals surface area contributed by atoms with Gasteiger partial charge in [0.2, 0.25) is 5.91 Å². The molecule has 1 atom stereocenters. The number of hydrogen-bond acceptors (Lipinski definition) is 5. The molecule has 0 bridgehead atoms. The highest BCUT2D eigenvalue weighted by molar-refractivity contribution is 5.93. The van der Waals surface area contributed by atoms with E-state index in [0.717, 1.165) is 10.5 Å². The molecule has 6 heteroatoms. The minimum Gasteiger partial charge on any atom is -0.447 e. The van der Waals surface area contributed by atoms with Gasteiger partial charge in [0.05, 0.1) is 18.7 Å². The SMILES string of the molecule is N#CC(C#N)[C@H](CC(=O)N1CCOC1=O)c1ccccc1. The zero-order chi connectivity index (χ0) is 15.2. The summed E-state index contributed by atoms with van der Waals surface area (Å²) in [6, 6.07) is 12.7. The Morgan fingerprint density at radius 2 is 1.95 bits per heavy atom. The maximum atomic E-state index is 12.2. The van der Waals surface area contributed by atoms with Gasteiger partial charge in [-0.15, -0.1) is 0 Å². The zero-order valence-electron chi connectivity index (χ0n) is 11.2. The number of imide groups is 1. The number of amides is 2. The van der Waals surface area contributed by atoms with Crippen LogP contribution in [0.4, 0.5) is 4.79 Å². The average Bonchev–Trinajstić information content (AvgIpc) is 2.94. The number of nitrogens with zero attached hydrogens (tertiary/aromatic N) is 3. The van der Waals surface area contributed by atoms with Crippen LogP contribution >= 0.6 is 0 Å². The standard InChI is InChI=1S/C15H13N3O3/c16-9-12(10-17)13(11-4-2-1-3-5-11)8-14(19)18-6-7-21-15(18)20/h1-5,12-13H,6-8H2/t13-/m1/s1. The Balaban J connectivity index is 2.21. The molecule has 1 aromatic rings. The lowest BCUT2D eigenvalue weighted by Gasteiger charge is -2.19. The van der Waals surface area contributed by atoms with E-state index in [1.807, 2.05) is 18.2 Å². The lowest BCUT2D eigenvalue weighted by Crippen LogP contribution is -2.33. The molecular weight excluding hydrogens is 270 g/mol. The first-order chi connectivity index (χ1) is 10.2. The van der Waals surface area contributed by atoms with Gasteiger partial charge in [0, 0.05) is 12.3 Å². The number of carbonyl (C=O) groups is 2. The van der Waals surface area contributed by atoms with Crippen molar-refractivity contribution in [3.05, 3.63) is 35.9 Å². The highest BCUT2D eigenvalue weighted by atomic mass is 16.6. The Morgan fingerprint density at radius 1 is 1.29 bits per heavy atom. The zero-order valence-corrected chi connectivity index (χ0v) is 11.2. The number of ether oxygens (including phenoxy) is 1. The molecule has 0 saturated carbocycles. The van der Waals surface area contributed by atoms with Crippen LogP contribution in [-0.2, 0) is 9.53 Å². The Bertz CT molecular complexity index is 601. The normalized spacial score (nSPS) is 15.2. The van der Waals surface area contributed by atoms with Crippen molar-refractivity contribution in [1.29, 1.82) is 10.5 Å². The molecule has 0 aliphatic carbocycles. The van der Waals surface area contributed by atoms with Gasteiger partial charge < -0.3 is 4.74 Å². The van der Waals surface area contributed by atoms with E-state index in [9.17, 15) is 9.59 Å². The van der Waals surface area contributed by atoms with Crippen LogP contribution in [0.15, 0.2) is 30.3 Å². The topological polar surface area (TPSA) is 94.2 Å². The van der Waals surface area contributed by atoms with Gasteiger partial charge in [0.1, 0.15) is 12.5 Å². The van der Waals surface area contributed by atoms with E-state index in [1.165, 1.54) is 0 Å². The molecule has 0 unspecified atom stereocenters. The summed E-state index contributed by atoms with van der Waals surface area (Å²) in [6.45, 7) is 0.392.